The zero-order valence-corrected chi connectivity index (χ0v) is 13.6. The highest BCUT2D eigenvalue weighted by Crippen LogP contribution is 2.28. The number of nitrogens with zero attached hydrogens (tertiary/aromatic N) is 2. The van der Waals surface area contributed by atoms with Gasteiger partial charge in [0.2, 0.25) is 0 Å². The second-order valence-electron chi connectivity index (χ2n) is 6.81. The number of hydrogen-bond donors (Lipinski definition) is 1. The maximum absolute atomic E-state index is 13.8. The second kappa shape index (κ2) is 7.69. The summed E-state index contributed by atoms with van der Waals surface area (Å²) in [5.41, 5.74) is 0.419. The molecule has 0 unspecified atom stereocenters. The summed E-state index contributed by atoms with van der Waals surface area (Å²) in [5.74, 6) is -0.735. The zero-order chi connectivity index (χ0) is 16.2. The van der Waals surface area contributed by atoms with E-state index in [4.69, 9.17) is 0 Å². The lowest BCUT2D eigenvalue weighted by Gasteiger charge is -2.44. The van der Waals surface area contributed by atoms with Crippen molar-refractivity contribution in [3.8, 4) is 0 Å². The summed E-state index contributed by atoms with van der Waals surface area (Å²) in [5, 5.41) is 9.38. The van der Waals surface area contributed by atoms with Crippen LogP contribution in [0.3, 0.4) is 0 Å². The largest absolute Gasteiger partial charge is 0.396 e. The third-order valence-electron chi connectivity index (χ3n) is 5.27. The smallest absolute Gasteiger partial charge is 0.127 e. The molecule has 2 fully saturated rings. The fourth-order valence-corrected chi connectivity index (χ4v) is 4.11. The van der Waals surface area contributed by atoms with Crippen LogP contribution in [-0.4, -0.2) is 53.2 Å². The van der Waals surface area contributed by atoms with Gasteiger partial charge in [-0.2, -0.15) is 0 Å². The van der Waals surface area contributed by atoms with Crippen LogP contribution < -0.4 is 0 Å². The van der Waals surface area contributed by atoms with Gasteiger partial charge in [0.05, 0.1) is 0 Å². The van der Waals surface area contributed by atoms with Crippen LogP contribution in [0.5, 0.6) is 0 Å². The van der Waals surface area contributed by atoms with E-state index < -0.39 is 5.82 Å². The van der Waals surface area contributed by atoms with Crippen LogP contribution in [0.15, 0.2) is 18.2 Å². The standard InChI is InChI=1S/C18H26F2N2O/c19-15-5-6-18(20)14(11-15)12-21-8-9-22(16-3-1-2-4-16)17(13-21)7-10-23/h5-6,11,16-17,23H,1-4,7-10,12-13H2/t17-/m0/s1. The highest BCUT2D eigenvalue weighted by atomic mass is 19.1. The molecule has 1 aliphatic heterocycles. The van der Waals surface area contributed by atoms with Gasteiger partial charge in [0.15, 0.2) is 0 Å². The minimum atomic E-state index is -0.391. The van der Waals surface area contributed by atoms with Crippen molar-refractivity contribution in [3.63, 3.8) is 0 Å². The summed E-state index contributed by atoms with van der Waals surface area (Å²) in [4.78, 5) is 4.73. The molecular formula is C18H26F2N2O. The molecule has 1 aromatic rings. The van der Waals surface area contributed by atoms with E-state index in [9.17, 15) is 13.9 Å². The lowest BCUT2D eigenvalue weighted by Crippen LogP contribution is -2.56. The minimum absolute atomic E-state index is 0.177. The quantitative estimate of drug-likeness (QED) is 0.902. The Bertz CT molecular complexity index is 520. The summed E-state index contributed by atoms with van der Waals surface area (Å²) in [6, 6.07) is 4.60. The lowest BCUT2D eigenvalue weighted by molar-refractivity contribution is 0.0263. The van der Waals surface area contributed by atoms with Gasteiger partial charge < -0.3 is 5.11 Å². The van der Waals surface area contributed by atoms with Gasteiger partial charge in [-0.15, -0.1) is 0 Å². The van der Waals surface area contributed by atoms with Crippen molar-refractivity contribution >= 4 is 0 Å². The van der Waals surface area contributed by atoms with E-state index in [1.54, 1.807) is 0 Å². The Morgan fingerprint density at radius 2 is 1.91 bits per heavy atom. The third kappa shape index (κ3) is 4.08. The molecule has 2 aliphatic rings. The van der Waals surface area contributed by atoms with Crippen molar-refractivity contribution in [2.24, 2.45) is 0 Å². The molecule has 5 heteroatoms. The Morgan fingerprint density at radius 3 is 2.65 bits per heavy atom. The van der Waals surface area contributed by atoms with E-state index in [-0.39, 0.29) is 12.4 Å². The number of aliphatic hydroxyl groups is 1. The average Bonchev–Trinajstić information content (AvgIpc) is 3.06. The molecule has 0 bridgehead atoms. The Morgan fingerprint density at radius 1 is 1.13 bits per heavy atom. The summed E-state index contributed by atoms with van der Waals surface area (Å²) in [6.45, 7) is 3.24. The first-order valence-corrected chi connectivity index (χ1v) is 8.70. The van der Waals surface area contributed by atoms with Gasteiger partial charge in [-0.05, 0) is 37.5 Å². The van der Waals surface area contributed by atoms with E-state index in [0.717, 1.165) is 32.1 Å². The normalized spacial score (nSPS) is 24.4. The number of piperazine rings is 1. The molecule has 0 aromatic heterocycles. The van der Waals surface area contributed by atoms with Gasteiger partial charge in [-0.1, -0.05) is 12.8 Å². The molecule has 3 nitrogen and oxygen atoms in total. The molecule has 23 heavy (non-hydrogen) atoms. The van der Waals surface area contributed by atoms with Crippen molar-refractivity contribution in [2.45, 2.75) is 50.7 Å². The molecule has 1 saturated carbocycles. The van der Waals surface area contributed by atoms with E-state index in [1.165, 1.54) is 37.8 Å². The highest BCUT2D eigenvalue weighted by Gasteiger charge is 2.33. The Kier molecular flexibility index (Phi) is 5.62. The monoisotopic (exact) mass is 324 g/mol. The van der Waals surface area contributed by atoms with Crippen molar-refractivity contribution < 1.29 is 13.9 Å². The maximum Gasteiger partial charge on any atom is 0.127 e. The van der Waals surface area contributed by atoms with Crippen LogP contribution >= 0.6 is 0 Å². The first-order chi connectivity index (χ1) is 11.2. The van der Waals surface area contributed by atoms with Gasteiger partial charge in [0.1, 0.15) is 11.6 Å². The number of halogens is 2. The number of benzene rings is 1. The first kappa shape index (κ1) is 16.8. The SMILES string of the molecule is OCC[C@H]1CN(Cc2cc(F)ccc2F)CCN1C1CCCC1. The molecule has 0 amide bonds. The Balaban J connectivity index is 1.65. The summed E-state index contributed by atoms with van der Waals surface area (Å²) in [6.07, 6.45) is 5.84. The van der Waals surface area contributed by atoms with Crippen LogP contribution in [-0.2, 0) is 6.54 Å². The zero-order valence-electron chi connectivity index (χ0n) is 13.6. The van der Waals surface area contributed by atoms with Crippen LogP contribution in [0.4, 0.5) is 8.78 Å². The van der Waals surface area contributed by atoms with E-state index in [2.05, 4.69) is 9.80 Å². The molecule has 1 N–H and O–H groups in total. The van der Waals surface area contributed by atoms with Crippen molar-refractivity contribution in [1.29, 1.82) is 0 Å². The van der Waals surface area contributed by atoms with Crippen LogP contribution in [0.25, 0.3) is 0 Å². The number of aliphatic hydroxyl groups excluding tert-OH is 1. The lowest BCUT2D eigenvalue weighted by atomic mass is 10.0. The summed E-state index contributed by atoms with van der Waals surface area (Å²) in [7, 11) is 0. The minimum Gasteiger partial charge on any atom is -0.396 e. The molecule has 1 atom stereocenters. The molecule has 1 aromatic carbocycles. The van der Waals surface area contributed by atoms with Gasteiger partial charge in [-0.3, -0.25) is 9.80 Å². The molecule has 0 spiro atoms. The van der Waals surface area contributed by atoms with Gasteiger partial charge >= 0.3 is 0 Å². The van der Waals surface area contributed by atoms with E-state index >= 15 is 0 Å². The number of hydrogen-bond acceptors (Lipinski definition) is 3. The maximum atomic E-state index is 13.8. The van der Waals surface area contributed by atoms with Crippen molar-refractivity contribution in [1.82, 2.24) is 9.80 Å². The van der Waals surface area contributed by atoms with E-state index in [0.29, 0.717) is 24.2 Å². The van der Waals surface area contributed by atoms with Crippen molar-refractivity contribution in [3.05, 3.63) is 35.4 Å². The Hall–Kier alpha value is -1.04. The van der Waals surface area contributed by atoms with Gasteiger partial charge in [0.25, 0.3) is 0 Å². The third-order valence-corrected chi connectivity index (χ3v) is 5.27. The summed E-state index contributed by atoms with van der Waals surface area (Å²) >= 11 is 0. The molecule has 1 aliphatic carbocycles. The predicted molar refractivity (Wildman–Crippen MR) is 86.1 cm³/mol. The fraction of sp³-hybridized carbons (Fsp3) is 0.667. The topological polar surface area (TPSA) is 26.7 Å². The molecule has 1 saturated heterocycles. The molecule has 1 heterocycles. The fourth-order valence-electron chi connectivity index (χ4n) is 4.11. The molecular weight excluding hydrogens is 298 g/mol. The van der Waals surface area contributed by atoms with Crippen molar-refractivity contribution in [2.75, 3.05) is 26.2 Å². The molecule has 0 radical (unpaired) electrons. The highest BCUT2D eigenvalue weighted by molar-refractivity contribution is 5.18. The summed E-state index contributed by atoms with van der Waals surface area (Å²) < 4.78 is 27.2. The molecule has 128 valence electrons. The van der Waals surface area contributed by atoms with E-state index in [1.807, 2.05) is 0 Å². The van der Waals surface area contributed by atoms with Crippen LogP contribution in [0.2, 0.25) is 0 Å². The van der Waals surface area contributed by atoms with Crippen LogP contribution in [0, 0.1) is 11.6 Å². The Labute approximate surface area is 136 Å². The van der Waals surface area contributed by atoms with Gasteiger partial charge in [-0.25, -0.2) is 8.78 Å². The second-order valence-corrected chi connectivity index (χ2v) is 6.81. The van der Waals surface area contributed by atoms with Crippen LogP contribution in [0.1, 0.15) is 37.7 Å². The molecule has 3 rings (SSSR count). The van der Waals surface area contributed by atoms with Gasteiger partial charge in [0, 0.05) is 50.4 Å². The average molecular weight is 324 g/mol. The first-order valence-electron chi connectivity index (χ1n) is 8.70. The predicted octanol–water partition coefficient (Wildman–Crippen LogP) is 2.78. The number of rotatable bonds is 5.